The molecule has 0 aliphatic rings. The molecular formula is C16H11BrN4O5. The molecule has 1 heterocycles. The Kier molecular flexibility index (Phi) is 4.67. The average molecular weight is 419 g/mol. The van der Waals surface area contributed by atoms with Crippen LogP contribution in [0.25, 0.3) is 10.9 Å². The number of fused-ring (bicyclic) bond motifs is 1. The fraction of sp³-hybridized carbons (Fsp3) is 0.0625. The van der Waals surface area contributed by atoms with Crippen LogP contribution in [0.2, 0.25) is 0 Å². The van der Waals surface area contributed by atoms with Crippen molar-refractivity contribution < 1.29 is 9.66 Å². The van der Waals surface area contributed by atoms with Crippen molar-refractivity contribution in [2.24, 2.45) is 5.10 Å². The second-order valence-corrected chi connectivity index (χ2v) is 6.06. The van der Waals surface area contributed by atoms with Gasteiger partial charge in [0.15, 0.2) is 0 Å². The van der Waals surface area contributed by atoms with Crippen molar-refractivity contribution in [1.82, 2.24) is 9.66 Å². The molecule has 0 aliphatic heterocycles. The number of nitrogens with one attached hydrogen (secondary N) is 1. The van der Waals surface area contributed by atoms with Gasteiger partial charge in [0.2, 0.25) is 5.75 Å². The molecule has 0 bridgehead atoms. The second-order valence-electron chi connectivity index (χ2n) is 5.14. The van der Waals surface area contributed by atoms with Crippen LogP contribution < -0.4 is 16.0 Å². The molecule has 0 saturated heterocycles. The maximum absolute atomic E-state index is 12.4. The Morgan fingerprint density at radius 2 is 2.04 bits per heavy atom. The topological polar surface area (TPSA) is 120 Å². The molecule has 0 unspecified atom stereocenters. The van der Waals surface area contributed by atoms with Gasteiger partial charge in [-0.25, -0.2) is 4.79 Å². The molecule has 1 N–H and O–H groups in total. The van der Waals surface area contributed by atoms with Gasteiger partial charge in [-0.2, -0.15) is 5.10 Å². The number of nitro benzene ring substituents is 1. The number of ether oxygens (including phenoxy) is 1. The van der Waals surface area contributed by atoms with Crippen molar-refractivity contribution >= 4 is 38.7 Å². The fourth-order valence-electron chi connectivity index (χ4n) is 2.43. The predicted octanol–water partition coefficient (Wildman–Crippen LogP) is 2.25. The van der Waals surface area contributed by atoms with Crippen molar-refractivity contribution in [2.75, 3.05) is 7.11 Å². The number of H-pyrrole nitrogens is 1. The summed E-state index contributed by atoms with van der Waals surface area (Å²) in [6.45, 7) is 0. The van der Waals surface area contributed by atoms with Crippen LogP contribution >= 0.6 is 15.9 Å². The van der Waals surface area contributed by atoms with Crippen molar-refractivity contribution in [1.29, 1.82) is 0 Å². The predicted molar refractivity (Wildman–Crippen MR) is 99.2 cm³/mol. The van der Waals surface area contributed by atoms with Crippen LogP contribution in [-0.2, 0) is 0 Å². The van der Waals surface area contributed by atoms with Crippen LogP contribution in [0.5, 0.6) is 5.75 Å². The number of hydrogen-bond donors (Lipinski definition) is 1. The van der Waals surface area contributed by atoms with E-state index in [1.54, 1.807) is 24.3 Å². The summed E-state index contributed by atoms with van der Waals surface area (Å²) < 4.78 is 6.15. The molecule has 1 aromatic heterocycles. The summed E-state index contributed by atoms with van der Waals surface area (Å²) in [5.41, 5.74) is -0.988. The summed E-state index contributed by atoms with van der Waals surface area (Å²) in [6, 6.07) is 9.32. The Bertz CT molecular complexity index is 1170. The van der Waals surface area contributed by atoms with E-state index in [-0.39, 0.29) is 22.4 Å². The minimum Gasteiger partial charge on any atom is -0.490 e. The number of aromatic nitrogens is 2. The molecule has 10 heteroatoms. The van der Waals surface area contributed by atoms with Crippen molar-refractivity contribution in [3.8, 4) is 5.75 Å². The molecule has 3 rings (SSSR count). The van der Waals surface area contributed by atoms with E-state index in [2.05, 4.69) is 26.0 Å². The highest BCUT2D eigenvalue weighted by Crippen LogP contribution is 2.33. The first-order valence-corrected chi connectivity index (χ1v) is 8.02. The van der Waals surface area contributed by atoms with Crippen LogP contribution in [0, 0.1) is 10.1 Å². The highest BCUT2D eigenvalue weighted by Gasteiger charge is 2.19. The molecule has 3 aromatic rings. The lowest BCUT2D eigenvalue weighted by atomic mass is 10.2. The molecule has 26 heavy (non-hydrogen) atoms. The summed E-state index contributed by atoms with van der Waals surface area (Å²) in [5, 5.41) is 15.3. The van der Waals surface area contributed by atoms with Gasteiger partial charge in [-0.15, -0.1) is 4.68 Å². The largest absolute Gasteiger partial charge is 0.490 e. The highest BCUT2D eigenvalue weighted by molar-refractivity contribution is 9.10. The minimum absolute atomic E-state index is 0.0350. The molecule has 0 spiro atoms. The van der Waals surface area contributed by atoms with Gasteiger partial charge >= 0.3 is 11.4 Å². The Balaban J connectivity index is 2.18. The van der Waals surface area contributed by atoms with Gasteiger partial charge in [0.05, 0.1) is 29.2 Å². The Labute approximate surface area is 153 Å². The van der Waals surface area contributed by atoms with Crippen LogP contribution in [0.1, 0.15) is 5.56 Å². The number of para-hydroxylation sites is 1. The van der Waals surface area contributed by atoms with E-state index in [1.165, 1.54) is 19.2 Å². The molecule has 0 aliphatic carbocycles. The monoisotopic (exact) mass is 418 g/mol. The molecule has 0 radical (unpaired) electrons. The molecule has 0 amide bonds. The Morgan fingerprint density at radius 1 is 1.31 bits per heavy atom. The molecule has 0 fully saturated rings. The normalized spacial score (nSPS) is 11.2. The van der Waals surface area contributed by atoms with Gasteiger partial charge in [0, 0.05) is 16.1 Å². The van der Waals surface area contributed by atoms with E-state index in [1.807, 2.05) is 0 Å². The van der Waals surface area contributed by atoms with Gasteiger partial charge in [-0.05, 0) is 18.2 Å². The van der Waals surface area contributed by atoms with Crippen LogP contribution in [0.15, 0.2) is 55.6 Å². The third kappa shape index (κ3) is 3.14. The molecule has 0 saturated carbocycles. The summed E-state index contributed by atoms with van der Waals surface area (Å²) in [4.78, 5) is 37.7. The van der Waals surface area contributed by atoms with E-state index in [9.17, 15) is 19.7 Å². The molecule has 0 atom stereocenters. The SMILES string of the molecule is COc1c(C=Nn2c(=O)[nH]c3ccccc3c2=O)cc(Br)cc1[N+](=O)[O-]. The zero-order valence-corrected chi connectivity index (χ0v) is 14.9. The lowest BCUT2D eigenvalue weighted by Crippen LogP contribution is -2.32. The lowest BCUT2D eigenvalue weighted by molar-refractivity contribution is -0.385. The van der Waals surface area contributed by atoms with E-state index < -0.39 is 16.2 Å². The summed E-state index contributed by atoms with van der Waals surface area (Å²) in [6.07, 6.45) is 1.15. The number of aromatic amines is 1. The van der Waals surface area contributed by atoms with Gasteiger partial charge in [0.1, 0.15) is 0 Å². The summed E-state index contributed by atoms with van der Waals surface area (Å²) in [7, 11) is 1.28. The first-order chi connectivity index (χ1) is 12.4. The zero-order valence-electron chi connectivity index (χ0n) is 13.3. The van der Waals surface area contributed by atoms with Crippen LogP contribution in [0.3, 0.4) is 0 Å². The first-order valence-electron chi connectivity index (χ1n) is 7.22. The number of rotatable bonds is 4. The number of halogens is 1. The van der Waals surface area contributed by atoms with Gasteiger partial charge < -0.3 is 9.72 Å². The second kappa shape index (κ2) is 6.92. The van der Waals surface area contributed by atoms with E-state index in [0.717, 1.165) is 6.21 Å². The number of nitrogens with zero attached hydrogens (tertiary/aromatic N) is 3. The smallest absolute Gasteiger partial charge is 0.349 e. The van der Waals surface area contributed by atoms with Crippen molar-refractivity contribution in [2.45, 2.75) is 0 Å². The number of benzene rings is 2. The van der Waals surface area contributed by atoms with Crippen LogP contribution in [0.4, 0.5) is 5.69 Å². The van der Waals surface area contributed by atoms with E-state index >= 15 is 0 Å². The van der Waals surface area contributed by atoms with Crippen molar-refractivity contribution in [3.05, 3.63) is 77.4 Å². The van der Waals surface area contributed by atoms with Crippen molar-refractivity contribution in [3.63, 3.8) is 0 Å². The van der Waals surface area contributed by atoms with Crippen LogP contribution in [-0.4, -0.2) is 27.9 Å². The average Bonchev–Trinajstić information content (AvgIpc) is 2.61. The lowest BCUT2D eigenvalue weighted by Gasteiger charge is -2.06. The molecule has 132 valence electrons. The van der Waals surface area contributed by atoms with Gasteiger partial charge in [-0.3, -0.25) is 14.9 Å². The van der Waals surface area contributed by atoms with Gasteiger partial charge in [0.25, 0.3) is 5.56 Å². The maximum Gasteiger partial charge on any atom is 0.349 e. The quantitative estimate of drug-likeness (QED) is 0.395. The fourth-order valence-corrected chi connectivity index (χ4v) is 2.90. The maximum atomic E-state index is 12.4. The van der Waals surface area contributed by atoms with Gasteiger partial charge in [-0.1, -0.05) is 28.1 Å². The zero-order chi connectivity index (χ0) is 18.8. The molecular weight excluding hydrogens is 408 g/mol. The number of methoxy groups -OCH3 is 1. The Morgan fingerprint density at radius 3 is 2.73 bits per heavy atom. The molecule has 9 nitrogen and oxygen atoms in total. The minimum atomic E-state index is -0.728. The third-order valence-electron chi connectivity index (χ3n) is 3.56. The van der Waals surface area contributed by atoms with E-state index in [0.29, 0.717) is 14.7 Å². The third-order valence-corrected chi connectivity index (χ3v) is 4.02. The van der Waals surface area contributed by atoms with E-state index in [4.69, 9.17) is 4.74 Å². The first kappa shape index (κ1) is 17.5. The number of nitro groups is 1. The molecule has 2 aromatic carbocycles. The summed E-state index contributed by atoms with van der Waals surface area (Å²) in [5.74, 6) is -0.0350. The highest BCUT2D eigenvalue weighted by atomic mass is 79.9. The number of hydrogen-bond acceptors (Lipinski definition) is 6. The standard InChI is InChI=1S/C16H11BrN4O5/c1-26-14-9(6-10(17)7-13(14)21(24)25)8-18-20-15(22)11-4-2-3-5-12(11)19-16(20)23/h2-8H,1H3,(H,19,23). The summed E-state index contributed by atoms with van der Waals surface area (Å²) >= 11 is 3.17. The Hall–Kier alpha value is -3.27.